The van der Waals surface area contributed by atoms with Gasteiger partial charge in [0.25, 0.3) is 0 Å². The molecule has 0 radical (unpaired) electrons. The van der Waals surface area contributed by atoms with Gasteiger partial charge in [-0.05, 0) is 38.1 Å². The third-order valence-corrected chi connectivity index (χ3v) is 3.66. The van der Waals surface area contributed by atoms with Crippen LogP contribution >= 0.6 is 0 Å². The molecule has 0 bridgehead atoms. The van der Waals surface area contributed by atoms with Crippen molar-refractivity contribution >= 4 is 23.1 Å². The highest BCUT2D eigenvalue weighted by Gasteiger charge is 2.12. The maximum absolute atomic E-state index is 13.4. The molecule has 0 aliphatic carbocycles. The van der Waals surface area contributed by atoms with E-state index in [-0.39, 0.29) is 0 Å². The van der Waals surface area contributed by atoms with Crippen molar-refractivity contribution in [2.24, 2.45) is 0 Å². The van der Waals surface area contributed by atoms with E-state index in [9.17, 15) is 8.78 Å². The first-order chi connectivity index (χ1) is 12.1. The molecule has 3 rings (SSSR count). The molecule has 4 nitrogen and oxygen atoms in total. The lowest BCUT2D eigenvalue weighted by Crippen LogP contribution is -2.19. The fraction of sp³-hybridized carbons (Fsp3) is 0.158. The standard InChI is InChI=1S/C19H18F2N4/c1-3-25(15-7-5-4-6-8-15)19-22-13(2)11-18(24-19)23-14-9-10-16(20)17(21)12-14/h4-12H,3H2,1-2H3,(H,22,23,24). The summed E-state index contributed by atoms with van der Waals surface area (Å²) >= 11 is 0. The summed E-state index contributed by atoms with van der Waals surface area (Å²) in [5.41, 5.74) is 2.17. The van der Waals surface area contributed by atoms with Crippen molar-refractivity contribution < 1.29 is 8.78 Å². The minimum absolute atomic E-state index is 0.422. The molecule has 25 heavy (non-hydrogen) atoms. The van der Waals surface area contributed by atoms with Crippen LogP contribution in [0.1, 0.15) is 12.6 Å². The molecule has 0 saturated heterocycles. The quantitative estimate of drug-likeness (QED) is 0.712. The summed E-state index contributed by atoms with van der Waals surface area (Å²) < 4.78 is 26.5. The van der Waals surface area contributed by atoms with Crippen LogP contribution in [0.25, 0.3) is 0 Å². The van der Waals surface area contributed by atoms with E-state index in [0.29, 0.717) is 24.0 Å². The van der Waals surface area contributed by atoms with Crippen molar-refractivity contribution in [3.05, 3.63) is 71.9 Å². The molecule has 6 heteroatoms. The number of hydrogen-bond acceptors (Lipinski definition) is 4. The summed E-state index contributed by atoms with van der Waals surface area (Å²) in [6.07, 6.45) is 0. The minimum atomic E-state index is -0.907. The number of benzene rings is 2. The molecule has 0 amide bonds. The summed E-state index contributed by atoms with van der Waals surface area (Å²) in [6, 6.07) is 15.2. The van der Waals surface area contributed by atoms with Gasteiger partial charge in [0.1, 0.15) is 5.82 Å². The zero-order chi connectivity index (χ0) is 17.8. The number of rotatable bonds is 5. The van der Waals surface area contributed by atoms with Crippen molar-refractivity contribution in [3.8, 4) is 0 Å². The molecule has 1 aromatic heterocycles. The van der Waals surface area contributed by atoms with Crippen LogP contribution in [0.4, 0.5) is 31.9 Å². The number of aryl methyl sites for hydroxylation is 1. The molecule has 0 aliphatic rings. The van der Waals surface area contributed by atoms with Gasteiger partial charge in [0.15, 0.2) is 11.6 Å². The van der Waals surface area contributed by atoms with E-state index in [1.165, 1.54) is 6.07 Å². The van der Waals surface area contributed by atoms with Crippen molar-refractivity contribution in [1.82, 2.24) is 9.97 Å². The van der Waals surface area contributed by atoms with E-state index in [2.05, 4.69) is 15.3 Å². The molecular formula is C19H18F2N4. The summed E-state index contributed by atoms with van der Waals surface area (Å²) in [7, 11) is 0. The Morgan fingerprint density at radius 2 is 1.72 bits per heavy atom. The highest BCUT2D eigenvalue weighted by atomic mass is 19.2. The predicted molar refractivity (Wildman–Crippen MR) is 95.5 cm³/mol. The second kappa shape index (κ2) is 7.25. The molecule has 0 fully saturated rings. The van der Waals surface area contributed by atoms with Crippen LogP contribution in [0.5, 0.6) is 0 Å². The Hall–Kier alpha value is -3.02. The van der Waals surface area contributed by atoms with E-state index in [1.54, 1.807) is 6.07 Å². The van der Waals surface area contributed by atoms with E-state index in [4.69, 9.17) is 0 Å². The zero-order valence-corrected chi connectivity index (χ0v) is 14.0. The molecule has 2 aromatic carbocycles. The van der Waals surface area contributed by atoms with Crippen molar-refractivity contribution in [2.45, 2.75) is 13.8 Å². The lowest BCUT2D eigenvalue weighted by Gasteiger charge is -2.22. The van der Waals surface area contributed by atoms with Gasteiger partial charge in [-0.2, -0.15) is 4.98 Å². The van der Waals surface area contributed by atoms with Gasteiger partial charge in [0, 0.05) is 35.7 Å². The molecule has 128 valence electrons. The minimum Gasteiger partial charge on any atom is -0.340 e. The number of nitrogens with one attached hydrogen (secondary N) is 1. The zero-order valence-electron chi connectivity index (χ0n) is 14.0. The summed E-state index contributed by atoms with van der Waals surface area (Å²) in [5.74, 6) is -0.733. The summed E-state index contributed by atoms with van der Waals surface area (Å²) in [5, 5.41) is 3.00. The van der Waals surface area contributed by atoms with Gasteiger partial charge < -0.3 is 10.2 Å². The molecule has 0 aliphatic heterocycles. The van der Waals surface area contributed by atoms with E-state index in [1.807, 2.05) is 49.1 Å². The van der Waals surface area contributed by atoms with Gasteiger partial charge in [0.2, 0.25) is 5.95 Å². The Bertz CT molecular complexity index is 869. The first kappa shape index (κ1) is 16.8. The fourth-order valence-electron chi connectivity index (χ4n) is 2.51. The second-order valence-corrected chi connectivity index (χ2v) is 5.53. The molecular weight excluding hydrogens is 322 g/mol. The average molecular weight is 340 g/mol. The van der Waals surface area contributed by atoms with E-state index in [0.717, 1.165) is 23.5 Å². The Labute approximate surface area is 145 Å². The van der Waals surface area contributed by atoms with Gasteiger partial charge in [-0.25, -0.2) is 13.8 Å². The van der Waals surface area contributed by atoms with Crippen molar-refractivity contribution in [1.29, 1.82) is 0 Å². The highest BCUT2D eigenvalue weighted by Crippen LogP contribution is 2.25. The van der Waals surface area contributed by atoms with E-state index >= 15 is 0 Å². The Morgan fingerprint density at radius 3 is 2.40 bits per heavy atom. The number of para-hydroxylation sites is 1. The first-order valence-electron chi connectivity index (χ1n) is 7.97. The summed E-state index contributed by atoms with van der Waals surface area (Å²) in [4.78, 5) is 11.0. The Balaban J connectivity index is 1.93. The normalized spacial score (nSPS) is 10.6. The highest BCUT2D eigenvalue weighted by molar-refractivity contribution is 5.61. The SMILES string of the molecule is CCN(c1ccccc1)c1nc(C)cc(Nc2ccc(F)c(F)c2)n1. The van der Waals surface area contributed by atoms with E-state index < -0.39 is 11.6 Å². The molecule has 1 heterocycles. The third-order valence-electron chi connectivity index (χ3n) is 3.66. The smallest absolute Gasteiger partial charge is 0.232 e. The van der Waals surface area contributed by atoms with Crippen molar-refractivity contribution in [2.75, 3.05) is 16.8 Å². The van der Waals surface area contributed by atoms with Crippen LogP contribution in [0.2, 0.25) is 0 Å². The van der Waals surface area contributed by atoms with Gasteiger partial charge in [0.05, 0.1) is 0 Å². The number of hydrogen-bond donors (Lipinski definition) is 1. The van der Waals surface area contributed by atoms with Gasteiger partial charge in [-0.3, -0.25) is 0 Å². The van der Waals surface area contributed by atoms with Gasteiger partial charge >= 0.3 is 0 Å². The van der Waals surface area contributed by atoms with Crippen LogP contribution < -0.4 is 10.2 Å². The predicted octanol–water partition coefficient (Wildman–Crippen LogP) is 4.96. The lowest BCUT2D eigenvalue weighted by atomic mass is 10.3. The molecule has 1 N–H and O–H groups in total. The van der Waals surface area contributed by atoms with Crippen LogP contribution in [-0.2, 0) is 0 Å². The first-order valence-corrected chi connectivity index (χ1v) is 7.97. The maximum atomic E-state index is 13.4. The lowest BCUT2D eigenvalue weighted by molar-refractivity contribution is 0.509. The number of aromatic nitrogens is 2. The van der Waals surface area contributed by atoms with Gasteiger partial charge in [-0.1, -0.05) is 18.2 Å². The topological polar surface area (TPSA) is 41.1 Å². The average Bonchev–Trinajstić information content (AvgIpc) is 2.59. The van der Waals surface area contributed by atoms with Gasteiger partial charge in [-0.15, -0.1) is 0 Å². The molecule has 0 spiro atoms. The molecule has 3 aromatic rings. The Morgan fingerprint density at radius 1 is 0.960 bits per heavy atom. The number of anilines is 4. The molecule has 0 atom stereocenters. The fourth-order valence-corrected chi connectivity index (χ4v) is 2.51. The van der Waals surface area contributed by atoms with Crippen LogP contribution in [-0.4, -0.2) is 16.5 Å². The van der Waals surface area contributed by atoms with Crippen molar-refractivity contribution in [3.63, 3.8) is 0 Å². The van der Waals surface area contributed by atoms with Crippen LogP contribution in [0.3, 0.4) is 0 Å². The Kier molecular flexibility index (Phi) is 4.88. The second-order valence-electron chi connectivity index (χ2n) is 5.53. The monoisotopic (exact) mass is 340 g/mol. The van der Waals surface area contributed by atoms with Crippen LogP contribution in [0, 0.1) is 18.6 Å². The largest absolute Gasteiger partial charge is 0.340 e. The summed E-state index contributed by atoms with van der Waals surface area (Å²) in [6.45, 7) is 4.57. The number of halogens is 2. The number of nitrogens with zero attached hydrogens (tertiary/aromatic N) is 3. The maximum Gasteiger partial charge on any atom is 0.232 e. The third kappa shape index (κ3) is 3.91. The molecule has 0 saturated carbocycles. The molecule has 0 unspecified atom stereocenters. The van der Waals surface area contributed by atoms with Crippen LogP contribution in [0.15, 0.2) is 54.6 Å².